The summed E-state index contributed by atoms with van der Waals surface area (Å²) in [4.78, 5) is 33.0. The number of rotatable bonds is 7. The number of amides is 2. The molecule has 178 valence electrons. The van der Waals surface area contributed by atoms with Crippen LogP contribution in [0.3, 0.4) is 0 Å². The van der Waals surface area contributed by atoms with E-state index in [4.69, 9.17) is 4.99 Å². The number of halogens is 1. The Morgan fingerprint density at radius 3 is 2.50 bits per heavy atom. The molecule has 3 rings (SSSR count). The first-order valence-electron chi connectivity index (χ1n) is 11.5. The lowest BCUT2D eigenvalue weighted by atomic mass is 10.1. The van der Waals surface area contributed by atoms with Gasteiger partial charge in [-0.25, -0.2) is 4.99 Å². The quantitative estimate of drug-likeness (QED) is 0.271. The molecule has 2 amide bonds. The molecule has 3 N–H and O–H groups in total. The Bertz CT molecular complexity index is 762. The standard InChI is InChI=1S/C23H36N6O2.HI/c1-3-12-28-13-9-20(10-14-28)27-23(24-4-2)26-16-18-5-7-19(8-6-18)22(31)29-15-11-25-21(30)17-29;/h5-8,20H,3-4,9-17H2,1-2H3,(H,25,30)(H2,24,26,27);1H. The number of aliphatic imine (C=N–C) groups is 1. The van der Waals surface area contributed by atoms with Crippen molar-refractivity contribution in [2.75, 3.05) is 45.8 Å². The van der Waals surface area contributed by atoms with Crippen LogP contribution in [0.4, 0.5) is 0 Å². The molecular weight excluding hydrogens is 519 g/mol. The fraction of sp³-hybridized carbons (Fsp3) is 0.609. The molecule has 9 heteroatoms. The molecule has 0 spiro atoms. The van der Waals surface area contributed by atoms with E-state index in [-0.39, 0.29) is 42.3 Å². The molecule has 2 aliphatic heterocycles. The number of piperazine rings is 1. The van der Waals surface area contributed by atoms with Gasteiger partial charge in [-0.3, -0.25) is 9.59 Å². The van der Waals surface area contributed by atoms with Gasteiger partial charge < -0.3 is 25.8 Å². The average molecular weight is 556 g/mol. The Kier molecular flexibility index (Phi) is 11.2. The molecule has 32 heavy (non-hydrogen) atoms. The van der Waals surface area contributed by atoms with Crippen molar-refractivity contribution in [2.45, 2.75) is 45.7 Å². The number of nitrogens with one attached hydrogen (secondary N) is 3. The number of carbonyl (C=O) groups is 2. The first-order valence-corrected chi connectivity index (χ1v) is 11.5. The summed E-state index contributed by atoms with van der Waals surface area (Å²) in [5.74, 6) is 0.635. The summed E-state index contributed by atoms with van der Waals surface area (Å²) in [6.07, 6.45) is 3.48. The molecule has 0 unspecified atom stereocenters. The van der Waals surface area contributed by atoms with Crippen LogP contribution in [0.5, 0.6) is 0 Å². The van der Waals surface area contributed by atoms with E-state index in [1.165, 1.54) is 13.0 Å². The number of hydrogen-bond acceptors (Lipinski definition) is 4. The Hall–Kier alpha value is -1.88. The molecule has 8 nitrogen and oxygen atoms in total. The molecule has 0 radical (unpaired) electrons. The summed E-state index contributed by atoms with van der Waals surface area (Å²) in [6, 6.07) is 7.97. The van der Waals surface area contributed by atoms with Gasteiger partial charge in [0.15, 0.2) is 5.96 Å². The predicted octanol–water partition coefficient (Wildman–Crippen LogP) is 1.81. The zero-order valence-electron chi connectivity index (χ0n) is 19.2. The number of hydrogen-bond donors (Lipinski definition) is 3. The molecule has 2 heterocycles. The van der Waals surface area contributed by atoms with Crippen molar-refractivity contribution in [3.63, 3.8) is 0 Å². The van der Waals surface area contributed by atoms with Crippen molar-refractivity contribution < 1.29 is 9.59 Å². The maximum Gasteiger partial charge on any atom is 0.254 e. The van der Waals surface area contributed by atoms with Gasteiger partial charge in [0.05, 0.1) is 13.1 Å². The molecule has 2 saturated heterocycles. The van der Waals surface area contributed by atoms with Crippen molar-refractivity contribution in [3.05, 3.63) is 35.4 Å². The number of nitrogens with zero attached hydrogens (tertiary/aromatic N) is 3. The lowest BCUT2D eigenvalue weighted by Gasteiger charge is -2.32. The fourth-order valence-electron chi connectivity index (χ4n) is 4.05. The third kappa shape index (κ3) is 7.91. The van der Waals surface area contributed by atoms with Crippen LogP contribution in [0.2, 0.25) is 0 Å². The van der Waals surface area contributed by atoms with Crippen molar-refractivity contribution in [2.24, 2.45) is 4.99 Å². The molecule has 0 aliphatic carbocycles. The Morgan fingerprint density at radius 2 is 1.88 bits per heavy atom. The lowest BCUT2D eigenvalue weighted by molar-refractivity contribution is -0.123. The van der Waals surface area contributed by atoms with E-state index in [1.54, 1.807) is 4.90 Å². The van der Waals surface area contributed by atoms with Gasteiger partial charge in [-0.1, -0.05) is 19.1 Å². The summed E-state index contributed by atoms with van der Waals surface area (Å²) < 4.78 is 0. The second-order valence-corrected chi connectivity index (χ2v) is 8.23. The number of likely N-dealkylation sites (tertiary alicyclic amines) is 1. The lowest BCUT2D eigenvalue weighted by Crippen LogP contribution is -2.49. The topological polar surface area (TPSA) is 89.1 Å². The van der Waals surface area contributed by atoms with E-state index in [0.717, 1.165) is 44.0 Å². The molecule has 1 aromatic rings. The molecule has 0 atom stereocenters. The van der Waals surface area contributed by atoms with Gasteiger partial charge in [-0.2, -0.15) is 0 Å². The van der Waals surface area contributed by atoms with E-state index in [0.29, 0.717) is 31.2 Å². The third-order valence-electron chi connectivity index (χ3n) is 5.76. The highest BCUT2D eigenvalue weighted by Crippen LogP contribution is 2.12. The summed E-state index contributed by atoms with van der Waals surface area (Å²) in [6.45, 7) is 10.3. The van der Waals surface area contributed by atoms with Crippen LogP contribution in [0.1, 0.15) is 49.0 Å². The van der Waals surface area contributed by atoms with Crippen molar-refractivity contribution in [3.8, 4) is 0 Å². The van der Waals surface area contributed by atoms with E-state index in [1.807, 2.05) is 24.3 Å². The number of carbonyl (C=O) groups excluding carboxylic acids is 2. The summed E-state index contributed by atoms with van der Waals surface area (Å²) in [7, 11) is 0. The number of benzene rings is 1. The molecule has 1 aromatic carbocycles. The highest BCUT2D eigenvalue weighted by atomic mass is 127. The minimum atomic E-state index is -0.106. The van der Waals surface area contributed by atoms with Crippen LogP contribution in [-0.4, -0.2) is 79.4 Å². The van der Waals surface area contributed by atoms with E-state index in [2.05, 4.69) is 34.7 Å². The van der Waals surface area contributed by atoms with Gasteiger partial charge in [0.2, 0.25) is 5.91 Å². The Labute approximate surface area is 208 Å². The van der Waals surface area contributed by atoms with E-state index in [9.17, 15) is 9.59 Å². The van der Waals surface area contributed by atoms with Gasteiger partial charge in [0.1, 0.15) is 0 Å². The normalized spacial score (nSPS) is 18.0. The largest absolute Gasteiger partial charge is 0.357 e. The minimum Gasteiger partial charge on any atom is -0.357 e. The van der Waals surface area contributed by atoms with Gasteiger partial charge >= 0.3 is 0 Å². The van der Waals surface area contributed by atoms with Gasteiger partial charge in [0.25, 0.3) is 5.91 Å². The van der Waals surface area contributed by atoms with Gasteiger partial charge in [-0.05, 0) is 50.4 Å². The number of guanidine groups is 1. The summed E-state index contributed by atoms with van der Waals surface area (Å²) in [5, 5.41) is 9.66. The maximum absolute atomic E-state index is 12.6. The average Bonchev–Trinajstić information content (AvgIpc) is 2.79. The highest BCUT2D eigenvalue weighted by molar-refractivity contribution is 14.0. The van der Waals surface area contributed by atoms with E-state index >= 15 is 0 Å². The first kappa shape index (κ1) is 26.4. The second kappa shape index (κ2) is 13.6. The van der Waals surface area contributed by atoms with Crippen molar-refractivity contribution in [1.82, 2.24) is 25.8 Å². The smallest absolute Gasteiger partial charge is 0.254 e. The van der Waals surface area contributed by atoms with Crippen LogP contribution in [0.25, 0.3) is 0 Å². The number of piperidine rings is 1. The van der Waals surface area contributed by atoms with Crippen LogP contribution in [0.15, 0.2) is 29.3 Å². The fourth-order valence-corrected chi connectivity index (χ4v) is 4.05. The predicted molar refractivity (Wildman–Crippen MR) is 138 cm³/mol. The molecule has 0 saturated carbocycles. The third-order valence-corrected chi connectivity index (χ3v) is 5.76. The van der Waals surface area contributed by atoms with E-state index < -0.39 is 0 Å². The highest BCUT2D eigenvalue weighted by Gasteiger charge is 2.22. The zero-order chi connectivity index (χ0) is 22.1. The summed E-state index contributed by atoms with van der Waals surface area (Å²) >= 11 is 0. The minimum absolute atomic E-state index is 0. The molecule has 2 aliphatic rings. The van der Waals surface area contributed by atoms with Crippen LogP contribution < -0.4 is 16.0 Å². The van der Waals surface area contributed by atoms with Crippen LogP contribution in [0, 0.1) is 0 Å². The second-order valence-electron chi connectivity index (χ2n) is 8.23. The molecular formula is C23H37IN6O2. The van der Waals surface area contributed by atoms with Crippen molar-refractivity contribution in [1.29, 1.82) is 0 Å². The summed E-state index contributed by atoms with van der Waals surface area (Å²) in [5.41, 5.74) is 1.65. The Morgan fingerprint density at radius 1 is 1.16 bits per heavy atom. The maximum atomic E-state index is 12.6. The van der Waals surface area contributed by atoms with Crippen molar-refractivity contribution >= 4 is 41.8 Å². The SMILES string of the molecule is CCCN1CCC(NC(=NCc2ccc(C(=O)N3CCNC(=O)C3)cc2)NCC)CC1.I. The molecule has 0 bridgehead atoms. The van der Waals surface area contributed by atoms with Crippen LogP contribution >= 0.6 is 24.0 Å². The molecule has 0 aromatic heterocycles. The zero-order valence-corrected chi connectivity index (χ0v) is 21.6. The van der Waals surface area contributed by atoms with Crippen LogP contribution in [-0.2, 0) is 11.3 Å². The van der Waals surface area contributed by atoms with Gasteiger partial charge in [-0.15, -0.1) is 24.0 Å². The molecule has 2 fully saturated rings. The Balaban J connectivity index is 0.00000363. The monoisotopic (exact) mass is 556 g/mol. The van der Waals surface area contributed by atoms with Gasteiger partial charge in [0, 0.05) is 44.3 Å². The first-order chi connectivity index (χ1) is 15.1.